The molecule has 108 valence electrons. The third-order valence-corrected chi connectivity index (χ3v) is 3.02. The largest absolute Gasteiger partial charge is 0.453 e. The number of carbonyl (C=O) groups excluding carboxylic acids is 2. The highest BCUT2D eigenvalue weighted by Gasteiger charge is 2.23. The Morgan fingerprint density at radius 2 is 1.83 bits per heavy atom. The monoisotopic (exact) mass is 260 g/mol. The minimum Gasteiger partial charge on any atom is -0.453 e. The maximum Gasteiger partial charge on any atom is 0.407 e. The number of amides is 1. The second-order valence-electron chi connectivity index (χ2n) is 4.56. The quantitative estimate of drug-likeness (QED) is 0.724. The molecule has 5 heteroatoms. The molecule has 0 saturated heterocycles. The lowest BCUT2D eigenvalue weighted by atomic mass is 9.99. The van der Waals surface area contributed by atoms with E-state index in [1.54, 1.807) is 0 Å². The summed E-state index contributed by atoms with van der Waals surface area (Å²) >= 11 is 0. The van der Waals surface area contributed by atoms with Gasteiger partial charge in [0.1, 0.15) is 0 Å². The van der Waals surface area contributed by atoms with E-state index >= 15 is 0 Å². The number of methoxy groups -OCH3 is 1. The van der Waals surface area contributed by atoms with E-state index in [0.29, 0.717) is 6.42 Å². The predicted octanol–water partition coefficient (Wildman–Crippen LogP) is 1.91. The number of nitrogens with zero attached hydrogens (tertiary/aromatic N) is 1. The normalized spacial score (nSPS) is 12.6. The Bertz CT molecular complexity index is 269. The number of ether oxygens (including phenoxy) is 1. The van der Waals surface area contributed by atoms with Gasteiger partial charge in [0.2, 0.25) is 0 Å². The van der Waals surface area contributed by atoms with Crippen molar-refractivity contribution in [3.05, 3.63) is 0 Å². The first-order valence-corrected chi connectivity index (χ1v) is 6.56. The van der Waals surface area contributed by atoms with Gasteiger partial charge in [-0.1, -0.05) is 27.7 Å². The minimum absolute atomic E-state index is 0. The van der Waals surface area contributed by atoms with Crippen molar-refractivity contribution >= 4 is 11.9 Å². The Labute approximate surface area is 111 Å². The Hall–Kier alpha value is -1.10. The topological polar surface area (TPSA) is 58.6 Å². The van der Waals surface area contributed by atoms with E-state index < -0.39 is 12.1 Å². The van der Waals surface area contributed by atoms with Gasteiger partial charge in [-0.15, -0.1) is 0 Å². The van der Waals surface area contributed by atoms with Gasteiger partial charge in [-0.2, -0.15) is 0 Å². The first kappa shape index (κ1) is 16.9. The van der Waals surface area contributed by atoms with Gasteiger partial charge < -0.3 is 15.0 Å². The molecule has 1 N–H and O–H groups in total. The Kier molecular flexibility index (Phi) is 8.37. The van der Waals surface area contributed by atoms with Crippen LogP contribution < -0.4 is 5.32 Å². The first-order chi connectivity index (χ1) is 8.46. The van der Waals surface area contributed by atoms with E-state index in [4.69, 9.17) is 0 Å². The number of hydrogen-bond donors (Lipinski definition) is 1. The highest BCUT2D eigenvalue weighted by atomic mass is 16.5. The van der Waals surface area contributed by atoms with E-state index in [1.165, 1.54) is 7.11 Å². The zero-order valence-electron chi connectivity index (χ0n) is 12.2. The fourth-order valence-corrected chi connectivity index (χ4v) is 1.74. The number of carbonyl (C=O) groups is 2. The molecular weight excluding hydrogens is 232 g/mol. The molecule has 0 aromatic heterocycles. The van der Waals surface area contributed by atoms with Crippen molar-refractivity contribution in [2.24, 2.45) is 5.92 Å². The molecule has 18 heavy (non-hydrogen) atoms. The molecule has 0 spiro atoms. The van der Waals surface area contributed by atoms with Crippen LogP contribution in [0, 0.1) is 5.92 Å². The number of rotatable bonds is 8. The summed E-state index contributed by atoms with van der Waals surface area (Å²) in [6.07, 6.45) is 0.0712. The van der Waals surface area contributed by atoms with E-state index in [0.717, 1.165) is 19.6 Å². The molecule has 0 unspecified atom stereocenters. The van der Waals surface area contributed by atoms with Crippen LogP contribution in [0.1, 0.15) is 35.5 Å². The van der Waals surface area contributed by atoms with Crippen LogP contribution in [0.2, 0.25) is 0 Å². The average molecular weight is 260 g/mol. The first-order valence-electron chi connectivity index (χ1n) is 6.56. The van der Waals surface area contributed by atoms with E-state index in [-0.39, 0.29) is 13.1 Å². The fourth-order valence-electron chi connectivity index (χ4n) is 1.74. The van der Waals surface area contributed by atoms with E-state index in [9.17, 15) is 9.59 Å². The summed E-state index contributed by atoms with van der Waals surface area (Å²) in [6, 6.07) is -0.460. The van der Waals surface area contributed by atoms with Crippen molar-refractivity contribution < 1.29 is 15.8 Å². The lowest BCUT2D eigenvalue weighted by Gasteiger charge is -2.23. The van der Waals surface area contributed by atoms with Crippen LogP contribution in [0.3, 0.4) is 0 Å². The van der Waals surface area contributed by atoms with Gasteiger partial charge in [-0.25, -0.2) is 4.79 Å². The minimum atomic E-state index is -0.548. The second kappa shape index (κ2) is 8.91. The molecule has 0 radical (unpaired) electrons. The summed E-state index contributed by atoms with van der Waals surface area (Å²) in [6.45, 7) is 10.5. The van der Waals surface area contributed by atoms with Crippen LogP contribution in [-0.4, -0.2) is 49.6 Å². The van der Waals surface area contributed by atoms with Crippen molar-refractivity contribution in [2.75, 3.05) is 26.7 Å². The van der Waals surface area contributed by atoms with Gasteiger partial charge in [0, 0.05) is 13.9 Å². The van der Waals surface area contributed by atoms with E-state index in [1.807, 2.05) is 13.8 Å². The molecule has 0 aliphatic heterocycles. The van der Waals surface area contributed by atoms with Crippen LogP contribution in [0.5, 0.6) is 0 Å². The SMILES string of the molecule is CCN(CC)CC[C@@H](NC(=O)OC)C(=O)C(C)C.[HH]. The molecule has 0 aliphatic rings. The van der Waals surface area contributed by atoms with Crippen molar-refractivity contribution in [1.29, 1.82) is 0 Å². The van der Waals surface area contributed by atoms with Crippen molar-refractivity contribution in [3.63, 3.8) is 0 Å². The number of nitrogens with one attached hydrogen (secondary N) is 1. The lowest BCUT2D eigenvalue weighted by molar-refractivity contribution is -0.124. The van der Waals surface area contributed by atoms with E-state index in [2.05, 4.69) is 28.8 Å². The number of ketones is 1. The van der Waals surface area contributed by atoms with Crippen LogP contribution in [0.25, 0.3) is 0 Å². The molecule has 0 rings (SSSR count). The standard InChI is InChI=1S/C13H26N2O3.H2/c1-6-15(7-2)9-8-11(12(16)10(3)4)14-13(17)18-5;/h10-11H,6-9H2,1-5H3,(H,14,17);1H/t11-;/m1./s1. The molecule has 1 atom stereocenters. The van der Waals surface area contributed by atoms with Gasteiger partial charge in [0.15, 0.2) is 5.78 Å². The Morgan fingerprint density at radius 3 is 2.22 bits per heavy atom. The summed E-state index contributed by atoms with van der Waals surface area (Å²) in [7, 11) is 1.30. The third kappa shape index (κ3) is 6.00. The van der Waals surface area contributed by atoms with Crippen molar-refractivity contribution in [1.82, 2.24) is 10.2 Å². The molecular formula is C13H28N2O3. The smallest absolute Gasteiger partial charge is 0.407 e. The lowest BCUT2D eigenvalue weighted by Crippen LogP contribution is -2.44. The van der Waals surface area contributed by atoms with Gasteiger partial charge in [0.25, 0.3) is 0 Å². The van der Waals surface area contributed by atoms with Crippen molar-refractivity contribution in [2.45, 2.75) is 40.2 Å². The summed E-state index contributed by atoms with van der Waals surface area (Å²) in [5.41, 5.74) is 0. The van der Waals surface area contributed by atoms with Gasteiger partial charge >= 0.3 is 6.09 Å². The third-order valence-electron chi connectivity index (χ3n) is 3.02. The number of alkyl carbamates (subject to hydrolysis) is 1. The zero-order valence-corrected chi connectivity index (χ0v) is 12.2. The molecule has 1 amide bonds. The molecule has 0 heterocycles. The van der Waals surface area contributed by atoms with Gasteiger partial charge in [-0.3, -0.25) is 4.79 Å². The Morgan fingerprint density at radius 1 is 1.28 bits per heavy atom. The number of hydrogen-bond acceptors (Lipinski definition) is 4. The summed E-state index contributed by atoms with van der Waals surface area (Å²) < 4.78 is 4.55. The molecule has 0 aromatic rings. The van der Waals surface area contributed by atoms with Crippen molar-refractivity contribution in [3.8, 4) is 0 Å². The summed E-state index contributed by atoms with van der Waals surface area (Å²) in [4.78, 5) is 25.5. The molecule has 5 nitrogen and oxygen atoms in total. The average Bonchev–Trinajstić information content (AvgIpc) is 2.37. The Balaban J connectivity index is 0. The molecule has 0 aromatic carbocycles. The number of Topliss-reactive ketones (excluding diaryl/α,β-unsaturated/α-hetero) is 1. The van der Waals surface area contributed by atoms with Crippen LogP contribution >= 0.6 is 0 Å². The maximum atomic E-state index is 12.0. The fraction of sp³-hybridized carbons (Fsp3) is 0.846. The highest BCUT2D eigenvalue weighted by molar-refractivity contribution is 5.88. The van der Waals surface area contributed by atoms with Crippen LogP contribution in [0.15, 0.2) is 0 Å². The highest BCUT2D eigenvalue weighted by Crippen LogP contribution is 2.05. The second-order valence-corrected chi connectivity index (χ2v) is 4.56. The predicted molar refractivity (Wildman–Crippen MR) is 73.7 cm³/mol. The van der Waals surface area contributed by atoms with Crippen LogP contribution in [0.4, 0.5) is 4.79 Å². The van der Waals surface area contributed by atoms with Gasteiger partial charge in [-0.05, 0) is 19.5 Å². The molecule has 0 saturated carbocycles. The zero-order chi connectivity index (χ0) is 14.1. The van der Waals surface area contributed by atoms with Crippen LogP contribution in [-0.2, 0) is 9.53 Å². The maximum absolute atomic E-state index is 12.0. The molecule has 0 fully saturated rings. The molecule has 0 bridgehead atoms. The summed E-state index contributed by atoms with van der Waals surface area (Å²) in [5, 5.41) is 2.61. The van der Waals surface area contributed by atoms with Gasteiger partial charge in [0.05, 0.1) is 13.2 Å². The molecule has 0 aliphatic carbocycles. The summed E-state index contributed by atoms with van der Waals surface area (Å²) in [5.74, 6) is -0.0450.